The van der Waals surface area contributed by atoms with E-state index in [4.69, 9.17) is 14.2 Å². The molecule has 1 aliphatic rings. The van der Waals surface area contributed by atoms with Crippen molar-refractivity contribution in [1.29, 1.82) is 0 Å². The molecule has 1 unspecified atom stereocenters. The average molecular weight is 427 g/mol. The molecule has 31 heavy (non-hydrogen) atoms. The highest BCUT2D eigenvalue weighted by molar-refractivity contribution is 5.76. The summed E-state index contributed by atoms with van der Waals surface area (Å²) in [5.74, 6) is 1.35. The molecule has 1 aliphatic carbocycles. The van der Waals surface area contributed by atoms with Crippen molar-refractivity contribution >= 4 is 5.91 Å². The molecule has 1 heterocycles. The van der Waals surface area contributed by atoms with Gasteiger partial charge < -0.3 is 19.1 Å². The summed E-state index contributed by atoms with van der Waals surface area (Å²) >= 11 is 0. The third-order valence-corrected chi connectivity index (χ3v) is 4.93. The zero-order valence-corrected chi connectivity index (χ0v) is 17.9. The summed E-state index contributed by atoms with van der Waals surface area (Å²) in [5, 5.41) is 0. The SMILES string of the molecule is COc1ccc(OCCF)c(CN(C(C)=O)C2=CC=CCC2(C)Oc2ccncn2)c1. The second kappa shape index (κ2) is 10.1. The molecule has 0 aliphatic heterocycles. The van der Waals surface area contributed by atoms with Crippen molar-refractivity contribution in [1.82, 2.24) is 14.9 Å². The molecule has 0 bridgehead atoms. The molecule has 0 saturated heterocycles. The molecule has 1 amide bonds. The minimum absolute atomic E-state index is 0.0701. The lowest BCUT2D eigenvalue weighted by Crippen LogP contribution is -2.45. The van der Waals surface area contributed by atoms with Crippen LogP contribution >= 0.6 is 0 Å². The van der Waals surface area contributed by atoms with Crippen molar-refractivity contribution in [3.63, 3.8) is 0 Å². The van der Waals surface area contributed by atoms with Crippen molar-refractivity contribution < 1.29 is 23.4 Å². The molecule has 0 fully saturated rings. The summed E-state index contributed by atoms with van der Waals surface area (Å²) < 4.78 is 29.8. The molecule has 1 aromatic carbocycles. The average Bonchev–Trinajstić information content (AvgIpc) is 2.77. The first-order chi connectivity index (χ1) is 15.0. The number of amides is 1. The van der Waals surface area contributed by atoms with Gasteiger partial charge in [-0.3, -0.25) is 4.79 Å². The number of allylic oxidation sites excluding steroid dienone is 2. The lowest BCUT2D eigenvalue weighted by Gasteiger charge is -2.39. The van der Waals surface area contributed by atoms with Crippen molar-refractivity contribution in [2.75, 3.05) is 20.4 Å². The van der Waals surface area contributed by atoms with Gasteiger partial charge in [0.25, 0.3) is 0 Å². The van der Waals surface area contributed by atoms with E-state index in [2.05, 4.69) is 9.97 Å². The quantitative estimate of drug-likeness (QED) is 0.605. The van der Waals surface area contributed by atoms with Gasteiger partial charge in [0.05, 0.1) is 19.4 Å². The van der Waals surface area contributed by atoms with Gasteiger partial charge in [0.15, 0.2) is 5.60 Å². The molecule has 0 spiro atoms. The van der Waals surface area contributed by atoms with E-state index in [-0.39, 0.29) is 19.1 Å². The molecule has 164 valence electrons. The van der Waals surface area contributed by atoms with Crippen LogP contribution in [0.2, 0.25) is 0 Å². The zero-order valence-electron chi connectivity index (χ0n) is 17.9. The third kappa shape index (κ3) is 5.39. The maximum absolute atomic E-state index is 12.7. The highest BCUT2D eigenvalue weighted by atomic mass is 19.1. The summed E-state index contributed by atoms with van der Waals surface area (Å²) in [5.41, 5.74) is 0.552. The number of methoxy groups -OCH3 is 1. The van der Waals surface area contributed by atoms with E-state index in [0.29, 0.717) is 35.1 Å². The maximum Gasteiger partial charge on any atom is 0.224 e. The van der Waals surface area contributed by atoms with Crippen LogP contribution in [0, 0.1) is 0 Å². The van der Waals surface area contributed by atoms with Crippen LogP contribution in [0.25, 0.3) is 0 Å². The Hall–Kier alpha value is -3.42. The normalized spacial score (nSPS) is 17.6. The number of carbonyl (C=O) groups excluding carboxylic acids is 1. The predicted octanol–water partition coefficient (Wildman–Crippen LogP) is 3.86. The van der Waals surface area contributed by atoms with E-state index in [0.717, 1.165) is 0 Å². The third-order valence-electron chi connectivity index (χ3n) is 4.93. The van der Waals surface area contributed by atoms with Crippen LogP contribution < -0.4 is 14.2 Å². The van der Waals surface area contributed by atoms with Crippen LogP contribution in [0.4, 0.5) is 4.39 Å². The van der Waals surface area contributed by atoms with Gasteiger partial charge in [0.2, 0.25) is 11.8 Å². The Kier molecular flexibility index (Phi) is 7.23. The number of hydrogen-bond acceptors (Lipinski definition) is 6. The van der Waals surface area contributed by atoms with Gasteiger partial charge in [-0.15, -0.1) is 0 Å². The minimum Gasteiger partial charge on any atom is -0.497 e. The number of rotatable bonds is 9. The van der Waals surface area contributed by atoms with Gasteiger partial charge in [-0.25, -0.2) is 14.4 Å². The molecular weight excluding hydrogens is 401 g/mol. The van der Waals surface area contributed by atoms with E-state index in [1.165, 1.54) is 13.3 Å². The standard InChI is InChI=1S/C23H26FN3O4/c1-17(28)27(15-18-14-19(29-3)7-8-20(18)30-13-11-24)21-6-4-5-10-23(21,2)31-22-9-12-25-16-26-22/h4-9,12,14,16H,10-11,13,15H2,1-3H3. The number of hydrogen-bond donors (Lipinski definition) is 0. The number of benzene rings is 1. The summed E-state index contributed by atoms with van der Waals surface area (Å²) in [4.78, 5) is 22.4. The number of ether oxygens (including phenoxy) is 3. The highest BCUT2D eigenvalue weighted by Gasteiger charge is 2.37. The first kappa shape index (κ1) is 22.3. The van der Waals surface area contributed by atoms with Crippen LogP contribution in [0.5, 0.6) is 17.4 Å². The lowest BCUT2D eigenvalue weighted by molar-refractivity contribution is -0.129. The summed E-state index contributed by atoms with van der Waals surface area (Å²) in [6.07, 6.45) is 9.28. The van der Waals surface area contributed by atoms with Gasteiger partial charge in [0.1, 0.15) is 31.1 Å². The van der Waals surface area contributed by atoms with E-state index < -0.39 is 12.3 Å². The number of carbonyl (C=O) groups is 1. The van der Waals surface area contributed by atoms with Crippen LogP contribution in [0.15, 0.2) is 60.7 Å². The molecule has 0 saturated carbocycles. The molecular formula is C23H26FN3O4. The Morgan fingerprint density at radius 2 is 2.16 bits per heavy atom. The molecule has 0 radical (unpaired) electrons. The smallest absolute Gasteiger partial charge is 0.224 e. The van der Waals surface area contributed by atoms with Crippen molar-refractivity contribution in [2.45, 2.75) is 32.4 Å². The van der Waals surface area contributed by atoms with Crippen LogP contribution in [0.1, 0.15) is 25.8 Å². The van der Waals surface area contributed by atoms with Crippen LogP contribution in [-0.4, -0.2) is 46.8 Å². The Labute approximate surface area is 181 Å². The fourth-order valence-corrected chi connectivity index (χ4v) is 3.40. The molecule has 0 N–H and O–H groups in total. The number of alkyl halides is 1. The molecule has 3 rings (SSSR count). The van der Waals surface area contributed by atoms with E-state index in [9.17, 15) is 9.18 Å². The fourth-order valence-electron chi connectivity index (χ4n) is 3.40. The molecule has 1 aromatic heterocycles. The molecule has 7 nitrogen and oxygen atoms in total. The first-order valence-electron chi connectivity index (χ1n) is 9.93. The monoisotopic (exact) mass is 427 g/mol. The van der Waals surface area contributed by atoms with E-state index in [1.54, 1.807) is 42.5 Å². The lowest BCUT2D eigenvalue weighted by atomic mass is 9.91. The maximum atomic E-state index is 12.7. The summed E-state index contributed by atoms with van der Waals surface area (Å²) in [6, 6.07) is 6.91. The molecule has 2 aromatic rings. The summed E-state index contributed by atoms with van der Waals surface area (Å²) in [7, 11) is 1.56. The Balaban J connectivity index is 1.95. The highest BCUT2D eigenvalue weighted by Crippen LogP contribution is 2.35. The first-order valence-corrected chi connectivity index (χ1v) is 9.93. The van der Waals surface area contributed by atoms with Crippen LogP contribution in [-0.2, 0) is 11.3 Å². The Morgan fingerprint density at radius 1 is 1.32 bits per heavy atom. The van der Waals surface area contributed by atoms with Gasteiger partial charge in [0, 0.05) is 31.2 Å². The van der Waals surface area contributed by atoms with E-state index >= 15 is 0 Å². The molecule has 1 atom stereocenters. The zero-order chi connectivity index (χ0) is 22.3. The topological polar surface area (TPSA) is 73.8 Å². The second-order valence-electron chi connectivity index (χ2n) is 7.18. The number of aromatic nitrogens is 2. The summed E-state index contributed by atoms with van der Waals surface area (Å²) in [6.45, 7) is 2.93. The Bertz CT molecular complexity index is 965. The predicted molar refractivity (Wildman–Crippen MR) is 114 cm³/mol. The number of halogens is 1. The largest absolute Gasteiger partial charge is 0.497 e. The fraction of sp³-hybridized carbons (Fsp3) is 0.348. The van der Waals surface area contributed by atoms with Gasteiger partial charge in [-0.1, -0.05) is 12.2 Å². The van der Waals surface area contributed by atoms with Crippen molar-refractivity contribution in [2.24, 2.45) is 0 Å². The number of nitrogens with zero attached hydrogens (tertiary/aromatic N) is 3. The van der Waals surface area contributed by atoms with Crippen LogP contribution in [0.3, 0.4) is 0 Å². The van der Waals surface area contributed by atoms with E-state index in [1.807, 2.05) is 25.2 Å². The Morgan fingerprint density at radius 3 is 2.84 bits per heavy atom. The van der Waals surface area contributed by atoms with Crippen molar-refractivity contribution in [3.8, 4) is 17.4 Å². The van der Waals surface area contributed by atoms with Gasteiger partial charge in [-0.05, 0) is 31.2 Å². The second-order valence-corrected chi connectivity index (χ2v) is 7.18. The minimum atomic E-state index is -0.826. The molecule has 8 heteroatoms. The van der Waals surface area contributed by atoms with Crippen molar-refractivity contribution in [3.05, 3.63) is 66.3 Å². The van der Waals surface area contributed by atoms with Gasteiger partial charge in [-0.2, -0.15) is 0 Å². The van der Waals surface area contributed by atoms with Gasteiger partial charge >= 0.3 is 0 Å².